The van der Waals surface area contributed by atoms with Crippen molar-refractivity contribution in [3.8, 4) is 0 Å². The number of nitrogens with zero attached hydrogens (tertiary/aromatic N) is 1. The Balaban J connectivity index is 1.88. The Bertz CT molecular complexity index is 735. The molecule has 0 heterocycles. The third kappa shape index (κ3) is 5.76. The first kappa shape index (κ1) is 19.3. The number of benzene rings is 2. The van der Waals surface area contributed by atoms with Crippen molar-refractivity contribution in [3.63, 3.8) is 0 Å². The fourth-order valence-electron chi connectivity index (χ4n) is 2.43. The van der Waals surface area contributed by atoms with Crippen molar-refractivity contribution in [2.45, 2.75) is 19.8 Å². The summed E-state index contributed by atoms with van der Waals surface area (Å²) in [6, 6.07) is 15.1. The maximum Gasteiger partial charge on any atom is 0.240 e. The number of anilines is 1. The third-order valence-electron chi connectivity index (χ3n) is 3.71. The second-order valence-electron chi connectivity index (χ2n) is 5.62. The zero-order valence-electron chi connectivity index (χ0n) is 14.0. The number of rotatable bonds is 7. The molecule has 2 rings (SSSR count). The van der Waals surface area contributed by atoms with Crippen molar-refractivity contribution < 1.29 is 9.59 Å². The summed E-state index contributed by atoms with van der Waals surface area (Å²) in [4.78, 5) is 25.4. The van der Waals surface area contributed by atoms with Crippen molar-refractivity contribution in [1.29, 1.82) is 0 Å². The molecule has 0 aliphatic heterocycles. The van der Waals surface area contributed by atoms with E-state index in [1.54, 1.807) is 18.2 Å². The molecular weight excluding hydrogens is 359 g/mol. The quantitative estimate of drug-likeness (QED) is 0.737. The van der Waals surface area contributed by atoms with Gasteiger partial charge in [-0.1, -0.05) is 59.6 Å². The van der Waals surface area contributed by atoms with Gasteiger partial charge in [0.05, 0.1) is 15.7 Å². The summed E-state index contributed by atoms with van der Waals surface area (Å²) in [6.07, 6.45) is 1.71. The van der Waals surface area contributed by atoms with Gasteiger partial charge < -0.3 is 10.2 Å². The van der Waals surface area contributed by atoms with Crippen LogP contribution in [0.25, 0.3) is 0 Å². The highest BCUT2D eigenvalue weighted by molar-refractivity contribution is 6.44. The van der Waals surface area contributed by atoms with Crippen LogP contribution in [0.1, 0.15) is 18.9 Å². The Morgan fingerprint density at radius 1 is 1.04 bits per heavy atom. The van der Waals surface area contributed by atoms with Crippen LogP contribution in [0.3, 0.4) is 0 Å². The minimum absolute atomic E-state index is 0.0965. The lowest BCUT2D eigenvalue weighted by molar-refractivity contribution is -0.123. The van der Waals surface area contributed by atoms with Gasteiger partial charge in [-0.2, -0.15) is 0 Å². The third-order valence-corrected chi connectivity index (χ3v) is 4.52. The summed E-state index contributed by atoms with van der Waals surface area (Å²) in [5.74, 6) is -0.511. The normalized spacial score (nSPS) is 10.4. The lowest BCUT2D eigenvalue weighted by Gasteiger charge is -2.22. The number of carbonyl (C=O) groups excluding carboxylic acids is 2. The van der Waals surface area contributed by atoms with Crippen molar-refractivity contribution in [3.05, 3.63) is 64.1 Å². The molecule has 2 amide bonds. The van der Waals surface area contributed by atoms with Gasteiger partial charge in [-0.15, -0.1) is 0 Å². The van der Waals surface area contributed by atoms with Crippen LogP contribution in [0.4, 0.5) is 5.69 Å². The second kappa shape index (κ2) is 9.44. The van der Waals surface area contributed by atoms with E-state index in [0.717, 1.165) is 12.8 Å². The molecule has 0 aliphatic rings. The Labute approximate surface area is 157 Å². The molecule has 0 atom stereocenters. The molecule has 1 N–H and O–H groups in total. The van der Waals surface area contributed by atoms with Crippen LogP contribution in [0, 0.1) is 0 Å². The van der Waals surface area contributed by atoms with E-state index in [1.165, 1.54) is 17.4 Å². The molecule has 0 aliphatic carbocycles. The summed E-state index contributed by atoms with van der Waals surface area (Å²) in [6.45, 7) is 1.84. The largest absolute Gasteiger partial charge is 0.355 e. The standard InChI is InChI=1S/C19H20Cl2N2O2/c1-14(24)23(17-11-5-10-16(20)19(17)21)13-18(25)22-12-6-9-15-7-3-2-4-8-15/h2-5,7-8,10-11H,6,9,12-13H2,1H3,(H,22,25). The lowest BCUT2D eigenvalue weighted by atomic mass is 10.1. The van der Waals surface area contributed by atoms with Gasteiger partial charge in [0.1, 0.15) is 6.54 Å². The molecule has 0 bridgehead atoms. The van der Waals surface area contributed by atoms with Gasteiger partial charge >= 0.3 is 0 Å². The van der Waals surface area contributed by atoms with Crippen LogP contribution in [0.2, 0.25) is 10.0 Å². The predicted molar refractivity (Wildman–Crippen MR) is 102 cm³/mol. The summed E-state index contributed by atoms with van der Waals surface area (Å²) in [5.41, 5.74) is 1.66. The first-order valence-electron chi connectivity index (χ1n) is 8.02. The number of carbonyl (C=O) groups is 2. The molecule has 0 spiro atoms. The Kier molecular flexibility index (Phi) is 7.29. The molecule has 0 saturated carbocycles. The van der Waals surface area contributed by atoms with Crippen LogP contribution < -0.4 is 10.2 Å². The van der Waals surface area contributed by atoms with Crippen LogP contribution in [-0.4, -0.2) is 24.9 Å². The molecule has 6 heteroatoms. The van der Waals surface area contributed by atoms with Gasteiger partial charge in [0.25, 0.3) is 0 Å². The van der Waals surface area contributed by atoms with E-state index in [-0.39, 0.29) is 23.4 Å². The van der Waals surface area contributed by atoms with Crippen molar-refractivity contribution in [2.24, 2.45) is 0 Å². The van der Waals surface area contributed by atoms with E-state index < -0.39 is 0 Å². The average molecular weight is 379 g/mol. The molecule has 2 aromatic rings. The maximum atomic E-state index is 12.2. The highest BCUT2D eigenvalue weighted by Crippen LogP contribution is 2.32. The zero-order valence-corrected chi connectivity index (χ0v) is 15.5. The Morgan fingerprint density at radius 2 is 1.76 bits per heavy atom. The monoisotopic (exact) mass is 378 g/mol. The fourth-order valence-corrected chi connectivity index (χ4v) is 2.83. The molecule has 4 nitrogen and oxygen atoms in total. The molecule has 132 valence electrons. The number of amides is 2. The molecule has 0 unspecified atom stereocenters. The molecule has 2 aromatic carbocycles. The average Bonchev–Trinajstić information content (AvgIpc) is 2.60. The molecule has 0 radical (unpaired) electrons. The van der Waals surface area contributed by atoms with E-state index in [2.05, 4.69) is 17.4 Å². The maximum absolute atomic E-state index is 12.2. The van der Waals surface area contributed by atoms with E-state index in [9.17, 15) is 9.59 Å². The van der Waals surface area contributed by atoms with Crippen molar-refractivity contribution in [2.75, 3.05) is 18.0 Å². The number of hydrogen-bond acceptors (Lipinski definition) is 2. The first-order valence-corrected chi connectivity index (χ1v) is 8.77. The van der Waals surface area contributed by atoms with Crippen molar-refractivity contribution >= 4 is 40.7 Å². The summed E-state index contributed by atoms with van der Waals surface area (Å²) >= 11 is 12.1. The first-order chi connectivity index (χ1) is 12.0. The van der Waals surface area contributed by atoms with Gasteiger partial charge in [-0.05, 0) is 30.5 Å². The van der Waals surface area contributed by atoms with Crippen LogP contribution in [-0.2, 0) is 16.0 Å². The topological polar surface area (TPSA) is 49.4 Å². The minimum Gasteiger partial charge on any atom is -0.355 e. The van der Waals surface area contributed by atoms with Gasteiger partial charge in [0, 0.05) is 13.5 Å². The second-order valence-corrected chi connectivity index (χ2v) is 6.40. The van der Waals surface area contributed by atoms with E-state index >= 15 is 0 Å². The molecule has 0 saturated heterocycles. The summed E-state index contributed by atoms with van der Waals surface area (Å²) in [7, 11) is 0. The Hall–Kier alpha value is -2.04. The fraction of sp³-hybridized carbons (Fsp3) is 0.263. The molecular formula is C19H20Cl2N2O2. The highest BCUT2D eigenvalue weighted by Gasteiger charge is 2.19. The number of hydrogen-bond donors (Lipinski definition) is 1. The predicted octanol–water partition coefficient (Wildman–Crippen LogP) is 4.10. The zero-order chi connectivity index (χ0) is 18.2. The molecule has 25 heavy (non-hydrogen) atoms. The minimum atomic E-state index is -0.274. The molecule has 0 fully saturated rings. The SMILES string of the molecule is CC(=O)N(CC(=O)NCCCc1ccccc1)c1cccc(Cl)c1Cl. The summed E-state index contributed by atoms with van der Waals surface area (Å²) < 4.78 is 0. The number of nitrogens with one attached hydrogen (secondary N) is 1. The van der Waals surface area contributed by atoms with E-state index in [4.69, 9.17) is 23.2 Å². The van der Waals surface area contributed by atoms with Gasteiger partial charge in [-0.25, -0.2) is 0 Å². The van der Waals surface area contributed by atoms with Crippen LogP contribution in [0.15, 0.2) is 48.5 Å². The van der Waals surface area contributed by atoms with Crippen LogP contribution in [0.5, 0.6) is 0 Å². The highest BCUT2D eigenvalue weighted by atomic mass is 35.5. The van der Waals surface area contributed by atoms with Crippen molar-refractivity contribution in [1.82, 2.24) is 5.32 Å². The van der Waals surface area contributed by atoms with Gasteiger partial charge in [0.2, 0.25) is 11.8 Å². The number of halogens is 2. The van der Waals surface area contributed by atoms with Crippen LogP contribution >= 0.6 is 23.2 Å². The molecule has 0 aromatic heterocycles. The Morgan fingerprint density at radius 3 is 2.44 bits per heavy atom. The van der Waals surface area contributed by atoms with Gasteiger partial charge in [-0.3, -0.25) is 9.59 Å². The smallest absolute Gasteiger partial charge is 0.240 e. The summed E-state index contributed by atoms with van der Waals surface area (Å²) in [5, 5.41) is 3.43. The van der Waals surface area contributed by atoms with Gasteiger partial charge in [0.15, 0.2) is 0 Å². The lowest BCUT2D eigenvalue weighted by Crippen LogP contribution is -2.40. The van der Waals surface area contributed by atoms with E-state index in [1.807, 2.05) is 18.2 Å². The van der Waals surface area contributed by atoms with E-state index in [0.29, 0.717) is 17.3 Å². The number of aryl methyl sites for hydroxylation is 1.